The summed E-state index contributed by atoms with van der Waals surface area (Å²) in [5.74, 6) is 0.465. The van der Waals surface area contributed by atoms with Crippen molar-refractivity contribution in [2.75, 3.05) is 18.8 Å². The van der Waals surface area contributed by atoms with Crippen LogP contribution in [0.25, 0.3) is 0 Å². The van der Waals surface area contributed by atoms with Gasteiger partial charge in [-0.25, -0.2) is 0 Å². The van der Waals surface area contributed by atoms with E-state index < -0.39 is 5.97 Å². The van der Waals surface area contributed by atoms with Crippen LogP contribution in [0.3, 0.4) is 0 Å². The number of likely N-dealkylation sites (tertiary alicyclic amines) is 1. The van der Waals surface area contributed by atoms with E-state index >= 15 is 0 Å². The van der Waals surface area contributed by atoms with Gasteiger partial charge in [0, 0.05) is 11.8 Å². The molecule has 16 heavy (non-hydrogen) atoms. The van der Waals surface area contributed by atoms with Crippen LogP contribution in [0.4, 0.5) is 0 Å². The smallest absolute Gasteiger partial charge is 0.320 e. The molecule has 1 saturated heterocycles. The molecule has 0 aromatic carbocycles. The van der Waals surface area contributed by atoms with Crippen LogP contribution in [0.1, 0.15) is 39.5 Å². The maximum absolute atomic E-state index is 11.2. The zero-order valence-electron chi connectivity index (χ0n) is 10.3. The molecule has 0 spiro atoms. The monoisotopic (exact) mass is 245 g/mol. The first-order chi connectivity index (χ1) is 7.69. The number of carboxylic acid groups (broad SMARTS) is 1. The number of nitrogens with zero attached hydrogens (tertiary/aromatic N) is 1. The number of aliphatic carboxylic acids is 1. The second-order valence-electron chi connectivity index (χ2n) is 4.33. The lowest BCUT2D eigenvalue weighted by Crippen LogP contribution is -2.43. The van der Waals surface area contributed by atoms with Crippen molar-refractivity contribution in [2.24, 2.45) is 0 Å². The van der Waals surface area contributed by atoms with Gasteiger partial charge in [-0.15, -0.1) is 0 Å². The summed E-state index contributed by atoms with van der Waals surface area (Å²) in [6.45, 7) is 6.04. The molecule has 0 aromatic heterocycles. The van der Waals surface area contributed by atoms with Gasteiger partial charge in [0.2, 0.25) is 0 Å². The molecule has 0 amide bonds. The molecular formula is C12H23NO2S. The summed E-state index contributed by atoms with van der Waals surface area (Å²) in [7, 11) is 0. The van der Waals surface area contributed by atoms with Gasteiger partial charge in [0.25, 0.3) is 0 Å². The third kappa shape index (κ3) is 3.98. The van der Waals surface area contributed by atoms with Crippen LogP contribution in [-0.4, -0.2) is 46.1 Å². The zero-order chi connectivity index (χ0) is 12.0. The summed E-state index contributed by atoms with van der Waals surface area (Å²) in [4.78, 5) is 13.3. The van der Waals surface area contributed by atoms with Gasteiger partial charge in [-0.1, -0.05) is 20.3 Å². The molecule has 0 bridgehead atoms. The quantitative estimate of drug-likeness (QED) is 0.808. The zero-order valence-corrected chi connectivity index (χ0v) is 11.1. The summed E-state index contributed by atoms with van der Waals surface area (Å²) in [6, 6.07) is -0.280. The van der Waals surface area contributed by atoms with Gasteiger partial charge < -0.3 is 5.11 Å². The number of carboxylic acids is 1. The third-order valence-electron chi connectivity index (χ3n) is 3.17. The Labute approximate surface area is 103 Å². The maximum Gasteiger partial charge on any atom is 0.320 e. The fourth-order valence-electron chi connectivity index (χ4n) is 2.37. The molecule has 94 valence electrons. The lowest BCUT2D eigenvalue weighted by Gasteiger charge is -2.28. The highest BCUT2D eigenvalue weighted by Crippen LogP contribution is 2.23. The lowest BCUT2D eigenvalue weighted by atomic mass is 10.2. The van der Waals surface area contributed by atoms with E-state index in [-0.39, 0.29) is 6.04 Å². The number of rotatable bonds is 5. The molecule has 3 nitrogen and oxygen atoms in total. The largest absolute Gasteiger partial charge is 0.480 e. The highest BCUT2D eigenvalue weighted by Gasteiger charge is 2.27. The molecule has 0 aliphatic carbocycles. The van der Waals surface area contributed by atoms with E-state index in [1.807, 2.05) is 18.7 Å². The summed E-state index contributed by atoms with van der Waals surface area (Å²) in [6.07, 6.45) is 4.33. The average Bonchev–Trinajstić information content (AvgIpc) is 2.45. The average molecular weight is 245 g/mol. The van der Waals surface area contributed by atoms with Gasteiger partial charge in [0.15, 0.2) is 0 Å². The highest BCUT2D eigenvalue weighted by molar-refractivity contribution is 7.99. The van der Waals surface area contributed by atoms with Crippen molar-refractivity contribution in [3.8, 4) is 0 Å². The van der Waals surface area contributed by atoms with Gasteiger partial charge in [-0.05, 0) is 31.6 Å². The Morgan fingerprint density at radius 3 is 2.81 bits per heavy atom. The summed E-state index contributed by atoms with van der Waals surface area (Å²) in [5, 5.41) is 9.81. The molecule has 2 atom stereocenters. The molecule has 1 rings (SSSR count). The predicted octanol–water partition coefficient (Wildman–Crippen LogP) is 2.46. The number of thioether (sulfide) groups is 1. The van der Waals surface area contributed by atoms with E-state index in [9.17, 15) is 9.90 Å². The first-order valence-electron chi connectivity index (χ1n) is 6.27. The Hall–Kier alpha value is -0.220. The number of hydrogen-bond acceptors (Lipinski definition) is 3. The van der Waals surface area contributed by atoms with Gasteiger partial charge in [0.05, 0.1) is 0 Å². The van der Waals surface area contributed by atoms with Crippen LogP contribution in [-0.2, 0) is 4.79 Å². The fraction of sp³-hybridized carbons (Fsp3) is 0.917. The Bertz CT molecular complexity index is 223. The molecular weight excluding hydrogens is 222 g/mol. The van der Waals surface area contributed by atoms with Crippen LogP contribution in [0.5, 0.6) is 0 Å². The summed E-state index contributed by atoms with van der Waals surface area (Å²) >= 11 is 1.97. The van der Waals surface area contributed by atoms with Crippen LogP contribution in [0.15, 0.2) is 0 Å². The SMILES string of the molecule is CCSC1CCCCN(C(CC)C(=O)O)C1. The minimum Gasteiger partial charge on any atom is -0.480 e. The van der Waals surface area contributed by atoms with Crippen molar-refractivity contribution in [2.45, 2.75) is 50.8 Å². The molecule has 1 heterocycles. The Morgan fingerprint density at radius 2 is 2.25 bits per heavy atom. The van der Waals surface area contributed by atoms with Gasteiger partial charge in [0.1, 0.15) is 6.04 Å². The lowest BCUT2D eigenvalue weighted by molar-refractivity contribution is -0.143. The van der Waals surface area contributed by atoms with E-state index in [1.54, 1.807) is 0 Å². The predicted molar refractivity (Wildman–Crippen MR) is 69.1 cm³/mol. The summed E-state index contributed by atoms with van der Waals surface area (Å²) < 4.78 is 0. The van der Waals surface area contributed by atoms with Crippen molar-refractivity contribution in [1.82, 2.24) is 4.90 Å². The molecule has 1 aliphatic heterocycles. The van der Waals surface area contributed by atoms with Crippen molar-refractivity contribution in [3.63, 3.8) is 0 Å². The van der Waals surface area contributed by atoms with Crippen LogP contribution < -0.4 is 0 Å². The van der Waals surface area contributed by atoms with E-state index in [2.05, 4.69) is 11.8 Å². The van der Waals surface area contributed by atoms with E-state index in [0.717, 1.165) is 25.3 Å². The van der Waals surface area contributed by atoms with Gasteiger partial charge in [-0.2, -0.15) is 11.8 Å². The van der Waals surface area contributed by atoms with Crippen LogP contribution in [0.2, 0.25) is 0 Å². The van der Waals surface area contributed by atoms with Crippen molar-refractivity contribution in [1.29, 1.82) is 0 Å². The number of carbonyl (C=O) groups is 1. The third-order valence-corrected chi connectivity index (χ3v) is 4.36. The summed E-state index contributed by atoms with van der Waals surface area (Å²) in [5.41, 5.74) is 0. The molecule has 0 saturated carbocycles. The normalized spacial score (nSPS) is 25.0. The molecule has 4 heteroatoms. The van der Waals surface area contributed by atoms with E-state index in [4.69, 9.17) is 0 Å². The molecule has 1 N–H and O–H groups in total. The standard InChI is InChI=1S/C12H23NO2S/c1-3-11(12(14)15)13-8-6-5-7-10(9-13)16-4-2/h10-11H,3-9H2,1-2H3,(H,14,15). The van der Waals surface area contributed by atoms with Crippen molar-refractivity contribution < 1.29 is 9.90 Å². The van der Waals surface area contributed by atoms with Crippen LogP contribution in [0, 0.1) is 0 Å². The first-order valence-corrected chi connectivity index (χ1v) is 7.32. The maximum atomic E-state index is 11.2. The molecule has 1 aliphatic rings. The topological polar surface area (TPSA) is 40.5 Å². The van der Waals surface area contributed by atoms with Crippen molar-refractivity contribution >= 4 is 17.7 Å². The first kappa shape index (κ1) is 13.8. The minimum atomic E-state index is -0.662. The van der Waals surface area contributed by atoms with Crippen LogP contribution >= 0.6 is 11.8 Å². The Kier molecular flexibility index (Phi) is 6.21. The van der Waals surface area contributed by atoms with E-state index in [1.165, 1.54) is 12.8 Å². The molecule has 2 unspecified atom stereocenters. The van der Waals surface area contributed by atoms with Crippen molar-refractivity contribution in [3.05, 3.63) is 0 Å². The highest BCUT2D eigenvalue weighted by atomic mass is 32.2. The Balaban J connectivity index is 2.59. The second-order valence-corrected chi connectivity index (χ2v) is 5.91. The molecule has 0 aromatic rings. The fourth-order valence-corrected chi connectivity index (χ4v) is 3.48. The molecule has 1 fully saturated rings. The van der Waals surface area contributed by atoms with E-state index in [0.29, 0.717) is 11.7 Å². The Morgan fingerprint density at radius 1 is 1.50 bits per heavy atom. The van der Waals surface area contributed by atoms with Gasteiger partial charge >= 0.3 is 5.97 Å². The van der Waals surface area contributed by atoms with Gasteiger partial charge in [-0.3, -0.25) is 9.69 Å². The number of hydrogen-bond donors (Lipinski definition) is 1. The minimum absolute atomic E-state index is 0.280. The second kappa shape index (κ2) is 7.17. The molecule has 0 radical (unpaired) electrons.